The maximum atomic E-state index is 12.5. The molecule has 1 aromatic carbocycles. The average molecular weight is 391 g/mol. The summed E-state index contributed by atoms with van der Waals surface area (Å²) in [5.41, 5.74) is 6.81. The van der Waals surface area contributed by atoms with Crippen LogP contribution in [0.3, 0.4) is 0 Å². The lowest BCUT2D eigenvalue weighted by Gasteiger charge is -2.13. The first-order chi connectivity index (χ1) is 12.6. The van der Waals surface area contributed by atoms with Crippen LogP contribution < -0.4 is 15.4 Å². The molecule has 27 heavy (non-hydrogen) atoms. The molecular formula is C18H25N5O3S. The molecule has 0 atom stereocenters. The quantitative estimate of drug-likeness (QED) is 0.741. The van der Waals surface area contributed by atoms with Gasteiger partial charge < -0.3 is 10.6 Å². The number of anilines is 2. The second-order valence-electron chi connectivity index (χ2n) is 6.85. The smallest absolute Gasteiger partial charge is 0.264 e. The monoisotopic (exact) mass is 391 g/mol. The van der Waals surface area contributed by atoms with Crippen molar-refractivity contribution in [2.45, 2.75) is 31.6 Å². The first-order valence-corrected chi connectivity index (χ1v) is 10.0. The molecule has 0 aliphatic heterocycles. The Morgan fingerprint density at radius 1 is 1.22 bits per heavy atom. The third-order valence-corrected chi connectivity index (χ3v) is 5.20. The Hall–Kier alpha value is -2.68. The molecule has 0 aliphatic carbocycles. The minimum atomic E-state index is -3.96. The first-order valence-electron chi connectivity index (χ1n) is 8.56. The van der Waals surface area contributed by atoms with E-state index in [2.05, 4.69) is 14.7 Å². The molecule has 0 radical (unpaired) electrons. The predicted octanol–water partition coefficient (Wildman–Crippen LogP) is 2.03. The number of amides is 1. The van der Waals surface area contributed by atoms with Crippen molar-refractivity contribution in [3.05, 3.63) is 30.3 Å². The molecule has 1 aromatic heterocycles. The number of hydrogen-bond acceptors (Lipinski definition) is 7. The summed E-state index contributed by atoms with van der Waals surface area (Å²) in [6.07, 6.45) is 0.778. The standard InChI is InChI=1S/C18H25N5O3S/c1-12(2)8-9-17(24)22-27(25,26)14-7-5-6-13(10-14)15-11-16(23(3)4)21-18(19)20-15/h5-7,10-12H,8-9H2,1-4H3,(H,22,24)(H2,19,20,21). The molecule has 8 nitrogen and oxygen atoms in total. The first kappa shape index (κ1) is 20.6. The van der Waals surface area contributed by atoms with Crippen LogP contribution in [0, 0.1) is 5.92 Å². The molecule has 0 saturated heterocycles. The molecule has 146 valence electrons. The summed E-state index contributed by atoms with van der Waals surface area (Å²) in [5, 5.41) is 0. The number of rotatable bonds is 7. The van der Waals surface area contributed by atoms with Crippen molar-refractivity contribution in [1.29, 1.82) is 0 Å². The van der Waals surface area contributed by atoms with Gasteiger partial charge in [0.05, 0.1) is 10.6 Å². The van der Waals surface area contributed by atoms with Crippen LogP contribution in [0.25, 0.3) is 11.3 Å². The molecule has 1 amide bonds. The van der Waals surface area contributed by atoms with E-state index in [0.717, 1.165) is 0 Å². The van der Waals surface area contributed by atoms with Crippen LogP contribution in [0.5, 0.6) is 0 Å². The van der Waals surface area contributed by atoms with Gasteiger partial charge in [-0.1, -0.05) is 26.0 Å². The van der Waals surface area contributed by atoms with Crippen molar-refractivity contribution < 1.29 is 13.2 Å². The second kappa shape index (κ2) is 8.34. The molecule has 2 aromatic rings. The maximum Gasteiger partial charge on any atom is 0.264 e. The van der Waals surface area contributed by atoms with Crippen LogP contribution in [0.15, 0.2) is 35.2 Å². The van der Waals surface area contributed by atoms with Gasteiger partial charge in [-0.25, -0.2) is 18.1 Å². The number of carbonyl (C=O) groups is 1. The number of aromatic nitrogens is 2. The topological polar surface area (TPSA) is 118 Å². The van der Waals surface area contributed by atoms with Gasteiger partial charge >= 0.3 is 0 Å². The van der Waals surface area contributed by atoms with Crippen molar-refractivity contribution in [3.63, 3.8) is 0 Å². The van der Waals surface area contributed by atoms with Crippen LogP contribution in [-0.4, -0.2) is 38.4 Å². The highest BCUT2D eigenvalue weighted by molar-refractivity contribution is 7.90. The van der Waals surface area contributed by atoms with Crippen LogP contribution in [-0.2, 0) is 14.8 Å². The average Bonchev–Trinajstić information content (AvgIpc) is 2.59. The molecule has 0 fully saturated rings. The maximum absolute atomic E-state index is 12.5. The number of nitrogens with one attached hydrogen (secondary N) is 1. The summed E-state index contributed by atoms with van der Waals surface area (Å²) in [6.45, 7) is 3.95. The number of carbonyl (C=O) groups excluding carboxylic acids is 1. The Morgan fingerprint density at radius 2 is 1.93 bits per heavy atom. The number of benzene rings is 1. The van der Waals surface area contributed by atoms with Gasteiger partial charge in [0, 0.05) is 32.1 Å². The van der Waals surface area contributed by atoms with Crippen molar-refractivity contribution in [2.75, 3.05) is 24.7 Å². The van der Waals surface area contributed by atoms with Gasteiger partial charge in [0.2, 0.25) is 11.9 Å². The van der Waals surface area contributed by atoms with Gasteiger partial charge in [-0.2, -0.15) is 4.98 Å². The largest absolute Gasteiger partial charge is 0.368 e. The summed E-state index contributed by atoms with van der Waals surface area (Å²) in [5.74, 6) is 0.491. The summed E-state index contributed by atoms with van der Waals surface area (Å²) in [4.78, 5) is 22.0. The highest BCUT2D eigenvalue weighted by atomic mass is 32.2. The van der Waals surface area contributed by atoms with E-state index >= 15 is 0 Å². The zero-order chi connectivity index (χ0) is 20.2. The number of nitrogens with zero attached hydrogens (tertiary/aromatic N) is 3. The van der Waals surface area contributed by atoms with Gasteiger partial charge in [0.1, 0.15) is 5.82 Å². The Labute approximate surface area is 159 Å². The second-order valence-corrected chi connectivity index (χ2v) is 8.54. The SMILES string of the molecule is CC(C)CCC(=O)NS(=O)(=O)c1cccc(-c2cc(N(C)C)nc(N)n2)c1. The fourth-order valence-electron chi connectivity index (χ4n) is 2.33. The Kier molecular flexibility index (Phi) is 6.37. The molecule has 0 bridgehead atoms. The van der Waals surface area contributed by atoms with Gasteiger partial charge in [-0.15, -0.1) is 0 Å². The molecule has 0 unspecified atom stereocenters. The van der Waals surface area contributed by atoms with Crippen molar-refractivity contribution in [1.82, 2.24) is 14.7 Å². The van der Waals surface area contributed by atoms with Gasteiger partial charge in [0.25, 0.3) is 10.0 Å². The minimum Gasteiger partial charge on any atom is -0.368 e. The van der Waals surface area contributed by atoms with Crippen LogP contribution >= 0.6 is 0 Å². The number of hydrogen-bond donors (Lipinski definition) is 2. The lowest BCUT2D eigenvalue weighted by atomic mass is 10.1. The van der Waals surface area contributed by atoms with Gasteiger partial charge in [0.15, 0.2) is 0 Å². The molecule has 0 spiro atoms. The molecule has 2 rings (SSSR count). The number of nitrogens with two attached hydrogens (primary N) is 1. The van der Waals surface area contributed by atoms with Gasteiger partial charge in [-0.3, -0.25) is 4.79 Å². The van der Waals surface area contributed by atoms with E-state index in [9.17, 15) is 13.2 Å². The summed E-state index contributed by atoms with van der Waals surface area (Å²) < 4.78 is 27.1. The highest BCUT2D eigenvalue weighted by Gasteiger charge is 2.19. The molecule has 3 N–H and O–H groups in total. The Morgan fingerprint density at radius 3 is 2.56 bits per heavy atom. The van der Waals surface area contributed by atoms with E-state index in [1.807, 2.05) is 27.9 Å². The van der Waals surface area contributed by atoms with Crippen LogP contribution in [0.2, 0.25) is 0 Å². The van der Waals surface area contributed by atoms with E-state index in [1.165, 1.54) is 12.1 Å². The fraction of sp³-hybridized carbons (Fsp3) is 0.389. The summed E-state index contributed by atoms with van der Waals surface area (Å²) in [7, 11) is -0.322. The molecule has 0 aliphatic rings. The molecule has 1 heterocycles. The van der Waals surface area contributed by atoms with E-state index < -0.39 is 15.9 Å². The minimum absolute atomic E-state index is 0.0125. The lowest BCUT2D eigenvalue weighted by molar-refractivity contribution is -0.119. The van der Waals surface area contributed by atoms with Crippen molar-refractivity contribution >= 4 is 27.7 Å². The number of sulfonamides is 1. The van der Waals surface area contributed by atoms with E-state index in [0.29, 0.717) is 29.4 Å². The summed E-state index contributed by atoms with van der Waals surface area (Å²) >= 11 is 0. The summed E-state index contributed by atoms with van der Waals surface area (Å²) in [6, 6.07) is 7.92. The Bertz CT molecular complexity index is 926. The zero-order valence-corrected chi connectivity index (χ0v) is 16.7. The predicted molar refractivity (Wildman–Crippen MR) is 106 cm³/mol. The van der Waals surface area contributed by atoms with Crippen LogP contribution in [0.4, 0.5) is 11.8 Å². The third-order valence-electron chi connectivity index (χ3n) is 3.83. The van der Waals surface area contributed by atoms with Crippen LogP contribution in [0.1, 0.15) is 26.7 Å². The normalized spacial score (nSPS) is 11.4. The third kappa shape index (κ3) is 5.65. The number of nitrogen functional groups attached to an aromatic ring is 1. The molecule has 0 saturated carbocycles. The van der Waals surface area contributed by atoms with E-state index in [4.69, 9.17) is 5.73 Å². The Balaban J connectivity index is 2.31. The van der Waals surface area contributed by atoms with E-state index in [1.54, 1.807) is 23.1 Å². The molecule has 9 heteroatoms. The highest BCUT2D eigenvalue weighted by Crippen LogP contribution is 2.24. The van der Waals surface area contributed by atoms with E-state index in [-0.39, 0.29) is 17.3 Å². The lowest BCUT2D eigenvalue weighted by Crippen LogP contribution is -2.30. The van der Waals surface area contributed by atoms with Crippen molar-refractivity contribution in [3.8, 4) is 11.3 Å². The zero-order valence-electron chi connectivity index (χ0n) is 15.9. The van der Waals surface area contributed by atoms with Crippen molar-refractivity contribution in [2.24, 2.45) is 5.92 Å². The van der Waals surface area contributed by atoms with Gasteiger partial charge in [-0.05, 0) is 24.5 Å². The fourth-order valence-corrected chi connectivity index (χ4v) is 3.39. The molecular weight excluding hydrogens is 366 g/mol.